The molecule has 0 heterocycles. The zero-order valence-electron chi connectivity index (χ0n) is 6.79. The van der Waals surface area contributed by atoms with Crippen molar-refractivity contribution < 1.29 is 0 Å². The summed E-state index contributed by atoms with van der Waals surface area (Å²) >= 11 is 3.31. The molecule has 0 bridgehead atoms. The largest absolute Gasteiger partial charge is 0.293 e. The average molecular weight is 234 g/mol. The highest BCUT2D eigenvalue weighted by atomic mass is 79.9. The van der Waals surface area contributed by atoms with Crippen molar-refractivity contribution in [3.8, 4) is 0 Å². The molecule has 1 aromatic carbocycles. The molecule has 0 spiro atoms. The molecule has 1 nitrogen and oxygen atoms in total. The Labute approximate surface area is 79.2 Å². The lowest BCUT2D eigenvalue weighted by atomic mass is 10.4. The minimum atomic E-state index is 1.13. The lowest BCUT2D eigenvalue weighted by molar-refractivity contribution is 0.703. The van der Waals surface area contributed by atoms with Crippen LogP contribution in [0.1, 0.15) is 0 Å². The standard InChI is InChI=1S/C6H5Br.C2H8NP/c7-6-4-2-1-3-5-6;1-3(2)4/h1-5H;4H2,1-2H3. The van der Waals surface area contributed by atoms with Crippen LogP contribution in [0.3, 0.4) is 0 Å². The average Bonchev–Trinajstić information content (AvgIpc) is 1.87. The fourth-order valence-electron chi connectivity index (χ4n) is 0.415. The SMILES string of the molecule is Brc1ccccc1.CN(C)P. The van der Waals surface area contributed by atoms with Gasteiger partial charge in [-0.1, -0.05) is 43.5 Å². The molecule has 1 rings (SSSR count). The third kappa shape index (κ3) is 10.1. The first-order valence-corrected chi connectivity index (χ1v) is 4.56. The molecule has 0 saturated carbocycles. The fraction of sp³-hybridized carbons (Fsp3) is 0.250. The second-order valence-corrected chi connectivity index (χ2v) is 4.21. The van der Waals surface area contributed by atoms with Gasteiger partial charge in [0.25, 0.3) is 0 Å². The summed E-state index contributed by atoms with van der Waals surface area (Å²) in [5.41, 5.74) is 0. The van der Waals surface area contributed by atoms with Crippen molar-refractivity contribution in [2.24, 2.45) is 0 Å². The number of rotatable bonds is 0. The molecule has 1 unspecified atom stereocenters. The van der Waals surface area contributed by atoms with Crippen LogP contribution < -0.4 is 0 Å². The molecule has 0 aliphatic heterocycles. The van der Waals surface area contributed by atoms with Crippen molar-refractivity contribution in [2.75, 3.05) is 14.1 Å². The number of hydrogen-bond donors (Lipinski definition) is 0. The third-order valence-electron chi connectivity index (χ3n) is 0.733. The normalized spacial score (nSPS) is 8.82. The first kappa shape index (κ1) is 11.1. The molecule has 0 aliphatic carbocycles. The molecule has 0 aromatic heterocycles. The van der Waals surface area contributed by atoms with E-state index in [1.807, 2.05) is 49.1 Å². The molecule has 11 heavy (non-hydrogen) atoms. The summed E-state index contributed by atoms with van der Waals surface area (Å²) in [4.78, 5) is 0. The third-order valence-corrected chi connectivity index (χ3v) is 1.26. The molecule has 0 amide bonds. The van der Waals surface area contributed by atoms with Crippen LogP contribution in [-0.4, -0.2) is 18.8 Å². The molecule has 0 saturated heterocycles. The molecule has 0 N–H and O–H groups in total. The first-order chi connectivity index (χ1) is 5.13. The number of benzene rings is 1. The lowest BCUT2D eigenvalue weighted by Gasteiger charge is -1.90. The van der Waals surface area contributed by atoms with Crippen LogP contribution in [0, 0.1) is 0 Å². The summed E-state index contributed by atoms with van der Waals surface area (Å²) in [6.45, 7) is 0. The predicted molar refractivity (Wildman–Crippen MR) is 57.5 cm³/mol. The van der Waals surface area contributed by atoms with Crippen molar-refractivity contribution >= 4 is 25.3 Å². The zero-order valence-corrected chi connectivity index (χ0v) is 9.53. The van der Waals surface area contributed by atoms with Gasteiger partial charge in [-0.2, -0.15) is 0 Å². The summed E-state index contributed by atoms with van der Waals surface area (Å²) in [6.07, 6.45) is 0. The van der Waals surface area contributed by atoms with Crippen LogP contribution in [0.5, 0.6) is 0 Å². The highest BCUT2D eigenvalue weighted by Gasteiger charge is 1.74. The Morgan fingerprint density at radius 1 is 1.18 bits per heavy atom. The summed E-state index contributed by atoms with van der Waals surface area (Å²) in [6, 6.07) is 9.97. The molecule has 1 aromatic rings. The summed E-state index contributed by atoms with van der Waals surface area (Å²) < 4.78 is 3.05. The van der Waals surface area contributed by atoms with E-state index in [-0.39, 0.29) is 0 Å². The van der Waals surface area contributed by atoms with E-state index in [2.05, 4.69) is 25.3 Å². The maximum Gasteiger partial charge on any atom is 0.0175 e. The first-order valence-electron chi connectivity index (χ1n) is 3.25. The Bertz CT molecular complexity index is 174. The van der Waals surface area contributed by atoms with Crippen molar-refractivity contribution in [3.05, 3.63) is 34.8 Å². The van der Waals surface area contributed by atoms with Crippen molar-refractivity contribution in [2.45, 2.75) is 0 Å². The van der Waals surface area contributed by atoms with Crippen LogP contribution >= 0.6 is 25.3 Å². The van der Waals surface area contributed by atoms with Crippen LogP contribution in [0.2, 0.25) is 0 Å². The van der Waals surface area contributed by atoms with Gasteiger partial charge >= 0.3 is 0 Å². The Morgan fingerprint density at radius 2 is 1.55 bits per heavy atom. The van der Waals surface area contributed by atoms with E-state index >= 15 is 0 Å². The summed E-state index contributed by atoms with van der Waals surface area (Å²) in [5.74, 6) is 0. The molecule has 3 heteroatoms. The Morgan fingerprint density at radius 3 is 1.73 bits per heavy atom. The molecular weight excluding hydrogens is 221 g/mol. The second-order valence-electron chi connectivity index (χ2n) is 2.26. The van der Waals surface area contributed by atoms with Gasteiger partial charge in [-0.3, -0.25) is 4.67 Å². The van der Waals surface area contributed by atoms with Gasteiger partial charge < -0.3 is 0 Å². The van der Waals surface area contributed by atoms with E-state index in [4.69, 9.17) is 0 Å². The summed E-state index contributed by atoms with van der Waals surface area (Å²) in [7, 11) is 6.42. The van der Waals surface area contributed by atoms with Gasteiger partial charge in [-0.05, 0) is 26.2 Å². The predicted octanol–water partition coefficient (Wildman–Crippen LogP) is 2.79. The zero-order chi connectivity index (χ0) is 8.69. The monoisotopic (exact) mass is 233 g/mol. The van der Waals surface area contributed by atoms with Crippen molar-refractivity contribution in [1.29, 1.82) is 0 Å². The maximum absolute atomic E-state index is 3.31. The highest BCUT2D eigenvalue weighted by molar-refractivity contribution is 9.10. The van der Waals surface area contributed by atoms with Gasteiger partial charge in [-0.15, -0.1) is 0 Å². The Hall–Kier alpha value is 0.0900. The van der Waals surface area contributed by atoms with Gasteiger partial charge in [0.1, 0.15) is 0 Å². The Balaban J connectivity index is 0.000000218. The lowest BCUT2D eigenvalue weighted by Crippen LogP contribution is -1.88. The summed E-state index contributed by atoms with van der Waals surface area (Å²) in [5, 5.41) is 0. The van der Waals surface area contributed by atoms with Gasteiger partial charge in [-0.25, -0.2) is 0 Å². The molecule has 0 aliphatic rings. The van der Waals surface area contributed by atoms with Gasteiger partial charge in [0.15, 0.2) is 0 Å². The van der Waals surface area contributed by atoms with E-state index in [1.165, 1.54) is 0 Å². The molecule has 0 fully saturated rings. The van der Waals surface area contributed by atoms with E-state index in [0.29, 0.717) is 0 Å². The topological polar surface area (TPSA) is 3.24 Å². The molecule has 0 radical (unpaired) electrons. The minimum Gasteiger partial charge on any atom is -0.293 e. The Kier molecular flexibility index (Phi) is 6.83. The van der Waals surface area contributed by atoms with Gasteiger partial charge in [0.05, 0.1) is 0 Å². The number of nitrogens with zero attached hydrogens (tertiary/aromatic N) is 1. The van der Waals surface area contributed by atoms with Gasteiger partial charge in [0.2, 0.25) is 0 Å². The van der Waals surface area contributed by atoms with Crippen LogP contribution in [0.15, 0.2) is 34.8 Å². The van der Waals surface area contributed by atoms with Crippen molar-refractivity contribution in [3.63, 3.8) is 0 Å². The van der Waals surface area contributed by atoms with E-state index in [1.54, 1.807) is 0 Å². The highest BCUT2D eigenvalue weighted by Crippen LogP contribution is 2.05. The number of hydrogen-bond acceptors (Lipinski definition) is 1. The number of halogens is 1. The second kappa shape index (κ2) is 6.78. The van der Waals surface area contributed by atoms with Gasteiger partial charge in [0, 0.05) is 4.47 Å². The van der Waals surface area contributed by atoms with Crippen LogP contribution in [-0.2, 0) is 0 Å². The quantitative estimate of drug-likeness (QED) is 0.624. The van der Waals surface area contributed by atoms with Crippen LogP contribution in [0.25, 0.3) is 0 Å². The maximum atomic E-state index is 3.31. The molecule has 1 atom stereocenters. The van der Waals surface area contributed by atoms with E-state index < -0.39 is 0 Å². The minimum absolute atomic E-state index is 1.13. The van der Waals surface area contributed by atoms with Crippen LogP contribution in [0.4, 0.5) is 0 Å². The van der Waals surface area contributed by atoms with Crippen molar-refractivity contribution in [1.82, 2.24) is 4.67 Å². The smallest absolute Gasteiger partial charge is 0.0175 e. The molecule has 62 valence electrons. The molecular formula is C8H13BrNP. The van der Waals surface area contributed by atoms with E-state index in [0.717, 1.165) is 4.47 Å². The van der Waals surface area contributed by atoms with E-state index in [9.17, 15) is 0 Å². The fourth-order valence-corrected chi connectivity index (χ4v) is 0.720.